The van der Waals surface area contributed by atoms with Gasteiger partial charge in [0.2, 0.25) is 0 Å². The van der Waals surface area contributed by atoms with Gasteiger partial charge in [0.1, 0.15) is 10.5 Å². The van der Waals surface area contributed by atoms with Gasteiger partial charge in [-0.1, -0.05) is 90.9 Å². The molecule has 0 fully saturated rings. The number of hydrogen-bond donors (Lipinski definition) is 2. The van der Waals surface area contributed by atoms with Crippen LogP contribution in [0.15, 0.2) is 0 Å². The van der Waals surface area contributed by atoms with E-state index in [1.165, 1.54) is 77.0 Å². The summed E-state index contributed by atoms with van der Waals surface area (Å²) in [6.07, 6.45) is 20.9. The predicted molar refractivity (Wildman–Crippen MR) is 124 cm³/mol. The Labute approximate surface area is 179 Å². The minimum atomic E-state index is -0.936. The highest BCUT2D eigenvalue weighted by atomic mass is 32.2. The molecule has 0 spiro atoms. The fourth-order valence-electron chi connectivity index (χ4n) is 3.97. The molecule has 0 radical (unpaired) electrons. The zero-order valence-electron chi connectivity index (χ0n) is 19.0. The van der Waals surface area contributed by atoms with E-state index in [0.29, 0.717) is 12.8 Å². The van der Waals surface area contributed by atoms with Crippen LogP contribution in [0, 0.1) is 0 Å². The lowest BCUT2D eigenvalue weighted by molar-refractivity contribution is 0.276. The first-order chi connectivity index (χ1) is 13.7. The smallest absolute Gasteiger partial charge is 0.118 e. The van der Waals surface area contributed by atoms with Gasteiger partial charge < -0.3 is 14.8 Å². The van der Waals surface area contributed by atoms with Gasteiger partial charge in [-0.3, -0.25) is 0 Å². The van der Waals surface area contributed by atoms with E-state index in [2.05, 4.69) is 13.8 Å². The Balaban J connectivity index is 4.19. The van der Waals surface area contributed by atoms with Gasteiger partial charge in [-0.2, -0.15) is 0 Å². The number of unbranched alkanes of at least 4 members (excludes halogenated alkanes) is 12. The molecule has 0 aliphatic heterocycles. The number of aliphatic hydroxyl groups is 2. The first-order valence-electron chi connectivity index (χ1n) is 12.3. The summed E-state index contributed by atoms with van der Waals surface area (Å²) in [5.41, 5.74) is 0. The van der Waals surface area contributed by atoms with E-state index in [-0.39, 0.29) is 23.7 Å². The Kier molecular flexibility index (Phi) is 22.1. The van der Waals surface area contributed by atoms with Crippen molar-refractivity contribution in [2.24, 2.45) is 0 Å². The third-order valence-corrected chi connectivity index (χ3v) is 8.08. The maximum absolute atomic E-state index is 13.1. The highest BCUT2D eigenvalue weighted by Gasteiger charge is 2.29. The molecule has 0 heterocycles. The van der Waals surface area contributed by atoms with Gasteiger partial charge >= 0.3 is 0 Å². The third-order valence-electron chi connectivity index (χ3n) is 5.82. The third kappa shape index (κ3) is 16.1. The lowest BCUT2D eigenvalue weighted by Crippen LogP contribution is -2.33. The normalized spacial score (nSPS) is 14.9. The Morgan fingerprint density at radius 1 is 0.536 bits per heavy atom. The summed E-state index contributed by atoms with van der Waals surface area (Å²) in [4.78, 5) is 0. The van der Waals surface area contributed by atoms with Crippen molar-refractivity contribution in [2.45, 2.75) is 140 Å². The highest BCUT2D eigenvalue weighted by molar-refractivity contribution is 7.92. The van der Waals surface area contributed by atoms with Crippen LogP contribution in [0.2, 0.25) is 0 Å². The van der Waals surface area contributed by atoms with Crippen LogP contribution in [0.4, 0.5) is 0 Å². The van der Waals surface area contributed by atoms with Crippen LogP contribution in [0.1, 0.15) is 129 Å². The Hall–Kier alpha value is 0.230. The minimum Gasteiger partial charge on any atom is -0.616 e. The standard InChI is InChI=1S/C24H50O3S/c1-3-5-7-9-11-13-15-17-23(19-21-25)28(27)24(20-22-26)18-16-14-12-10-8-6-4-2/h23-26H,3-22H2,1-2H3. The molecule has 0 saturated carbocycles. The van der Waals surface area contributed by atoms with Gasteiger partial charge in [0, 0.05) is 26.1 Å². The van der Waals surface area contributed by atoms with Crippen LogP contribution in [0.5, 0.6) is 0 Å². The van der Waals surface area contributed by atoms with E-state index in [1.54, 1.807) is 0 Å². The van der Waals surface area contributed by atoms with Crippen molar-refractivity contribution >= 4 is 11.2 Å². The molecule has 3 nitrogen and oxygen atoms in total. The SMILES string of the molecule is CCCCCCCCCC(CCO)[S+]([O-])C(CCO)CCCCCCCCC. The lowest BCUT2D eigenvalue weighted by atomic mass is 10.1. The fraction of sp³-hybridized carbons (Fsp3) is 1.00. The lowest BCUT2D eigenvalue weighted by Gasteiger charge is -2.28. The summed E-state index contributed by atoms with van der Waals surface area (Å²) in [5, 5.41) is 19.1. The van der Waals surface area contributed by atoms with Crippen LogP contribution in [0.3, 0.4) is 0 Å². The second-order valence-electron chi connectivity index (χ2n) is 8.42. The molecule has 2 atom stereocenters. The zero-order valence-corrected chi connectivity index (χ0v) is 19.8. The Morgan fingerprint density at radius 2 is 0.857 bits per heavy atom. The maximum atomic E-state index is 13.1. The number of rotatable bonds is 22. The van der Waals surface area contributed by atoms with Gasteiger partial charge in [0.15, 0.2) is 0 Å². The largest absolute Gasteiger partial charge is 0.616 e. The van der Waals surface area contributed by atoms with Crippen LogP contribution in [-0.2, 0) is 11.2 Å². The molecule has 2 N–H and O–H groups in total. The first kappa shape index (κ1) is 28.2. The summed E-state index contributed by atoms with van der Waals surface area (Å²) in [5.74, 6) is 0. The molecule has 0 aromatic rings. The molecule has 0 aliphatic rings. The monoisotopic (exact) mass is 418 g/mol. The van der Waals surface area contributed by atoms with Crippen molar-refractivity contribution in [1.82, 2.24) is 0 Å². The van der Waals surface area contributed by atoms with E-state index in [9.17, 15) is 14.8 Å². The van der Waals surface area contributed by atoms with Gasteiger partial charge in [-0.05, 0) is 36.9 Å². The fourth-order valence-corrected chi connectivity index (χ4v) is 5.99. The molecule has 2 unspecified atom stereocenters. The van der Waals surface area contributed by atoms with E-state index >= 15 is 0 Å². The van der Waals surface area contributed by atoms with Crippen molar-refractivity contribution in [2.75, 3.05) is 13.2 Å². The average molecular weight is 419 g/mol. The Bertz CT molecular complexity index is 274. The van der Waals surface area contributed by atoms with Crippen LogP contribution >= 0.6 is 0 Å². The van der Waals surface area contributed by atoms with E-state index in [1.807, 2.05) is 0 Å². The van der Waals surface area contributed by atoms with Gasteiger partial charge in [-0.25, -0.2) is 0 Å². The quantitative estimate of drug-likeness (QED) is 0.155. The molecule has 0 aliphatic carbocycles. The molecule has 0 bridgehead atoms. The van der Waals surface area contributed by atoms with Gasteiger partial charge in [-0.15, -0.1) is 0 Å². The molecule has 0 rings (SSSR count). The van der Waals surface area contributed by atoms with Crippen LogP contribution in [0.25, 0.3) is 0 Å². The van der Waals surface area contributed by atoms with Crippen molar-refractivity contribution in [1.29, 1.82) is 0 Å². The molecule has 0 amide bonds. The van der Waals surface area contributed by atoms with Crippen molar-refractivity contribution in [3.63, 3.8) is 0 Å². The van der Waals surface area contributed by atoms with Crippen molar-refractivity contribution in [3.05, 3.63) is 0 Å². The molecular weight excluding hydrogens is 368 g/mol. The summed E-state index contributed by atoms with van der Waals surface area (Å²) in [6, 6.07) is 0. The number of hydrogen-bond acceptors (Lipinski definition) is 3. The molecule has 0 aromatic heterocycles. The summed E-state index contributed by atoms with van der Waals surface area (Å²) < 4.78 is 13.1. The van der Waals surface area contributed by atoms with E-state index in [4.69, 9.17) is 0 Å². The predicted octanol–water partition coefficient (Wildman–Crippen LogP) is 6.52. The molecule has 170 valence electrons. The summed E-state index contributed by atoms with van der Waals surface area (Å²) in [7, 11) is 0. The zero-order chi connectivity index (χ0) is 20.9. The topological polar surface area (TPSA) is 63.5 Å². The molecule has 4 heteroatoms. The summed E-state index contributed by atoms with van der Waals surface area (Å²) >= 11 is -0.936. The molecule has 0 saturated heterocycles. The second-order valence-corrected chi connectivity index (χ2v) is 10.4. The maximum Gasteiger partial charge on any atom is 0.118 e. The van der Waals surface area contributed by atoms with E-state index in [0.717, 1.165) is 25.7 Å². The molecular formula is C24H50O3S. The van der Waals surface area contributed by atoms with E-state index < -0.39 is 11.2 Å². The molecule has 0 aromatic carbocycles. The Morgan fingerprint density at radius 3 is 1.18 bits per heavy atom. The highest BCUT2D eigenvalue weighted by Crippen LogP contribution is 2.25. The minimum absolute atomic E-state index is 0.0988. The van der Waals surface area contributed by atoms with Crippen molar-refractivity contribution in [3.8, 4) is 0 Å². The first-order valence-corrected chi connectivity index (χ1v) is 13.6. The van der Waals surface area contributed by atoms with Crippen molar-refractivity contribution < 1.29 is 14.8 Å². The van der Waals surface area contributed by atoms with Crippen LogP contribution < -0.4 is 0 Å². The average Bonchev–Trinajstić information content (AvgIpc) is 2.70. The second kappa shape index (κ2) is 21.9. The van der Waals surface area contributed by atoms with Crippen LogP contribution in [-0.4, -0.2) is 38.5 Å². The summed E-state index contributed by atoms with van der Waals surface area (Å²) in [6.45, 7) is 4.72. The number of aliphatic hydroxyl groups excluding tert-OH is 2. The van der Waals surface area contributed by atoms with Gasteiger partial charge in [0.05, 0.1) is 0 Å². The molecule has 28 heavy (non-hydrogen) atoms. The van der Waals surface area contributed by atoms with Gasteiger partial charge in [0.25, 0.3) is 0 Å².